The van der Waals surface area contributed by atoms with Crippen molar-refractivity contribution in [1.82, 2.24) is 10.2 Å². The molecule has 0 spiro atoms. The molecule has 1 N–H and O–H groups in total. The Bertz CT molecular complexity index is 236. The zero-order chi connectivity index (χ0) is 12.7. The molecular formula is C12H24N2O3. The van der Waals surface area contributed by atoms with Crippen LogP contribution in [0.4, 0.5) is 0 Å². The van der Waals surface area contributed by atoms with Crippen LogP contribution >= 0.6 is 0 Å². The molecule has 0 bridgehead atoms. The largest absolute Gasteiger partial charge is 0.465 e. The molecule has 1 aliphatic rings. The van der Waals surface area contributed by atoms with Gasteiger partial charge in [-0.05, 0) is 20.8 Å². The van der Waals surface area contributed by atoms with Gasteiger partial charge in [0.15, 0.2) is 0 Å². The summed E-state index contributed by atoms with van der Waals surface area (Å²) < 4.78 is 10.5. The van der Waals surface area contributed by atoms with Crippen molar-refractivity contribution in [3.05, 3.63) is 0 Å². The normalized spacial score (nSPS) is 23.4. The van der Waals surface area contributed by atoms with E-state index in [1.165, 1.54) is 0 Å². The molecule has 1 aliphatic heterocycles. The van der Waals surface area contributed by atoms with Gasteiger partial charge in [-0.15, -0.1) is 0 Å². The van der Waals surface area contributed by atoms with Crippen molar-refractivity contribution in [3.63, 3.8) is 0 Å². The molecule has 1 rings (SSSR count). The lowest BCUT2D eigenvalue weighted by Gasteiger charge is -2.38. The molecule has 0 aromatic heterocycles. The van der Waals surface area contributed by atoms with Gasteiger partial charge in [0.2, 0.25) is 0 Å². The van der Waals surface area contributed by atoms with Crippen LogP contribution in [-0.4, -0.2) is 62.4 Å². The van der Waals surface area contributed by atoms with E-state index in [0.29, 0.717) is 26.4 Å². The average molecular weight is 244 g/mol. The Morgan fingerprint density at radius 3 is 2.88 bits per heavy atom. The van der Waals surface area contributed by atoms with Crippen molar-refractivity contribution in [2.24, 2.45) is 0 Å². The Labute approximate surface area is 103 Å². The molecule has 0 saturated carbocycles. The highest BCUT2D eigenvalue weighted by molar-refractivity contribution is 5.76. The third kappa shape index (κ3) is 4.26. The molecule has 5 heteroatoms. The molecule has 100 valence electrons. The molecule has 1 fully saturated rings. The molecule has 1 heterocycles. The number of nitrogens with one attached hydrogen (secondary N) is 1. The summed E-state index contributed by atoms with van der Waals surface area (Å²) in [6, 6.07) is 0.0608. The summed E-state index contributed by atoms with van der Waals surface area (Å²) in [7, 11) is 0. The van der Waals surface area contributed by atoms with Gasteiger partial charge in [-0.25, -0.2) is 0 Å². The fraction of sp³-hybridized carbons (Fsp3) is 0.917. The summed E-state index contributed by atoms with van der Waals surface area (Å²) >= 11 is 0. The molecule has 0 amide bonds. The van der Waals surface area contributed by atoms with E-state index in [9.17, 15) is 4.79 Å². The third-order valence-electron chi connectivity index (χ3n) is 2.97. The second-order valence-corrected chi connectivity index (χ2v) is 4.22. The van der Waals surface area contributed by atoms with E-state index in [1.807, 2.05) is 13.8 Å². The molecule has 0 aromatic carbocycles. The van der Waals surface area contributed by atoms with Crippen LogP contribution in [0.1, 0.15) is 20.8 Å². The van der Waals surface area contributed by atoms with E-state index in [4.69, 9.17) is 9.47 Å². The van der Waals surface area contributed by atoms with Crippen molar-refractivity contribution >= 4 is 5.97 Å². The maximum atomic E-state index is 11.8. The number of carbonyl (C=O) groups is 1. The smallest absolute Gasteiger partial charge is 0.324 e. The first-order chi connectivity index (χ1) is 8.20. The number of ether oxygens (including phenoxy) is 2. The number of nitrogens with zero attached hydrogens (tertiary/aromatic N) is 1. The van der Waals surface area contributed by atoms with Crippen molar-refractivity contribution in [2.75, 3.05) is 39.5 Å². The fourth-order valence-electron chi connectivity index (χ4n) is 2.09. The SMILES string of the molecule is CCOCC(C)N1CCNCC1C(=O)OCC. The Hall–Kier alpha value is -0.650. The first-order valence-electron chi connectivity index (χ1n) is 6.41. The van der Waals surface area contributed by atoms with Crippen LogP contribution in [0.15, 0.2) is 0 Å². The minimum atomic E-state index is -0.181. The molecule has 1 saturated heterocycles. The van der Waals surface area contributed by atoms with Gasteiger partial charge in [0.1, 0.15) is 6.04 Å². The van der Waals surface area contributed by atoms with Gasteiger partial charge < -0.3 is 14.8 Å². The lowest BCUT2D eigenvalue weighted by Crippen LogP contribution is -2.59. The summed E-state index contributed by atoms with van der Waals surface area (Å²) in [5.74, 6) is -0.136. The summed E-state index contributed by atoms with van der Waals surface area (Å²) in [6.45, 7) is 10.1. The first-order valence-corrected chi connectivity index (χ1v) is 6.41. The zero-order valence-corrected chi connectivity index (χ0v) is 11.1. The van der Waals surface area contributed by atoms with Gasteiger partial charge in [-0.3, -0.25) is 9.69 Å². The quantitative estimate of drug-likeness (QED) is 0.679. The zero-order valence-electron chi connectivity index (χ0n) is 11.1. The minimum Gasteiger partial charge on any atom is -0.465 e. The highest BCUT2D eigenvalue weighted by Crippen LogP contribution is 2.10. The predicted molar refractivity (Wildman–Crippen MR) is 66.0 cm³/mol. The highest BCUT2D eigenvalue weighted by atomic mass is 16.5. The van der Waals surface area contributed by atoms with E-state index >= 15 is 0 Å². The molecule has 2 unspecified atom stereocenters. The lowest BCUT2D eigenvalue weighted by atomic mass is 10.1. The number of hydrogen-bond donors (Lipinski definition) is 1. The van der Waals surface area contributed by atoms with Crippen LogP contribution in [0.2, 0.25) is 0 Å². The number of piperazine rings is 1. The molecule has 0 aliphatic carbocycles. The maximum absolute atomic E-state index is 11.8. The Kier molecular flexibility index (Phi) is 6.47. The van der Waals surface area contributed by atoms with E-state index in [1.54, 1.807) is 0 Å². The first kappa shape index (κ1) is 14.4. The number of hydrogen-bond acceptors (Lipinski definition) is 5. The molecule has 0 radical (unpaired) electrons. The Morgan fingerprint density at radius 1 is 1.47 bits per heavy atom. The number of rotatable bonds is 6. The van der Waals surface area contributed by atoms with Gasteiger partial charge in [-0.1, -0.05) is 0 Å². The van der Waals surface area contributed by atoms with Gasteiger partial charge >= 0.3 is 5.97 Å². The van der Waals surface area contributed by atoms with E-state index in [0.717, 1.165) is 13.1 Å². The van der Waals surface area contributed by atoms with Crippen LogP contribution in [0.25, 0.3) is 0 Å². The maximum Gasteiger partial charge on any atom is 0.324 e. The van der Waals surface area contributed by atoms with Crippen molar-refractivity contribution in [2.45, 2.75) is 32.9 Å². The summed E-state index contributed by atoms with van der Waals surface area (Å²) in [4.78, 5) is 14.0. The third-order valence-corrected chi connectivity index (χ3v) is 2.97. The van der Waals surface area contributed by atoms with Crippen LogP contribution in [-0.2, 0) is 14.3 Å². The van der Waals surface area contributed by atoms with Gasteiger partial charge in [0.25, 0.3) is 0 Å². The van der Waals surface area contributed by atoms with Crippen LogP contribution < -0.4 is 5.32 Å². The van der Waals surface area contributed by atoms with Gasteiger partial charge in [0, 0.05) is 32.3 Å². The lowest BCUT2D eigenvalue weighted by molar-refractivity contribution is -0.151. The monoisotopic (exact) mass is 244 g/mol. The van der Waals surface area contributed by atoms with Crippen molar-refractivity contribution in [1.29, 1.82) is 0 Å². The standard InChI is InChI=1S/C12H24N2O3/c1-4-16-9-10(3)14-7-6-13-8-11(14)12(15)17-5-2/h10-11,13H,4-9H2,1-3H3. The molecule has 0 aromatic rings. The molecular weight excluding hydrogens is 220 g/mol. The second-order valence-electron chi connectivity index (χ2n) is 4.22. The molecule has 17 heavy (non-hydrogen) atoms. The average Bonchev–Trinajstić information content (AvgIpc) is 2.36. The molecule has 2 atom stereocenters. The summed E-state index contributed by atoms with van der Waals surface area (Å²) in [5, 5.41) is 3.23. The van der Waals surface area contributed by atoms with E-state index in [-0.39, 0.29) is 18.1 Å². The molecule has 5 nitrogen and oxygen atoms in total. The van der Waals surface area contributed by atoms with E-state index in [2.05, 4.69) is 17.1 Å². The van der Waals surface area contributed by atoms with Gasteiger partial charge in [0.05, 0.1) is 13.2 Å². The highest BCUT2D eigenvalue weighted by Gasteiger charge is 2.32. The van der Waals surface area contributed by atoms with Crippen LogP contribution in [0.5, 0.6) is 0 Å². The van der Waals surface area contributed by atoms with Crippen LogP contribution in [0, 0.1) is 0 Å². The number of carbonyl (C=O) groups excluding carboxylic acids is 1. The fourth-order valence-corrected chi connectivity index (χ4v) is 2.09. The second kappa shape index (κ2) is 7.63. The minimum absolute atomic E-state index is 0.136. The Morgan fingerprint density at radius 2 is 2.24 bits per heavy atom. The predicted octanol–water partition coefficient (Wildman–Crippen LogP) is 0.248. The number of esters is 1. The van der Waals surface area contributed by atoms with Crippen molar-refractivity contribution < 1.29 is 14.3 Å². The summed E-state index contributed by atoms with van der Waals surface area (Å²) in [6.07, 6.45) is 0. The summed E-state index contributed by atoms with van der Waals surface area (Å²) in [5.41, 5.74) is 0. The topological polar surface area (TPSA) is 50.8 Å². The Balaban J connectivity index is 2.55. The van der Waals surface area contributed by atoms with Crippen LogP contribution in [0.3, 0.4) is 0 Å². The van der Waals surface area contributed by atoms with Crippen molar-refractivity contribution in [3.8, 4) is 0 Å². The van der Waals surface area contributed by atoms with Gasteiger partial charge in [-0.2, -0.15) is 0 Å². The van der Waals surface area contributed by atoms with E-state index < -0.39 is 0 Å².